The minimum absolute atomic E-state index is 0.167. The molecule has 1 aromatic heterocycles. The molecule has 32 heavy (non-hydrogen) atoms. The normalized spacial score (nSPS) is 29.6. The summed E-state index contributed by atoms with van der Waals surface area (Å²) in [5.41, 5.74) is 0.814. The van der Waals surface area contributed by atoms with Crippen LogP contribution in [0.5, 0.6) is 5.75 Å². The van der Waals surface area contributed by atoms with Crippen molar-refractivity contribution in [3.05, 3.63) is 41.5 Å². The zero-order valence-corrected chi connectivity index (χ0v) is 19.5. The third-order valence-electron chi connectivity index (χ3n) is 7.44. The fourth-order valence-corrected chi connectivity index (χ4v) is 5.93. The Hall–Kier alpha value is -2.57. The van der Waals surface area contributed by atoms with E-state index in [9.17, 15) is 9.90 Å². The summed E-state index contributed by atoms with van der Waals surface area (Å²) in [5.74, 6) is 3.32. The van der Waals surface area contributed by atoms with Gasteiger partial charge in [0, 0.05) is 24.0 Å². The maximum atomic E-state index is 12.8. The monoisotopic (exact) mass is 438 g/mol. The van der Waals surface area contributed by atoms with Crippen LogP contribution >= 0.6 is 0 Å². The van der Waals surface area contributed by atoms with Crippen LogP contribution in [0, 0.1) is 6.92 Å². The highest BCUT2D eigenvalue weighted by Crippen LogP contribution is 2.49. The molecule has 2 aliphatic heterocycles. The number of nitrogens with zero attached hydrogens (tertiary/aromatic N) is 4. The first-order valence-corrected chi connectivity index (χ1v) is 11.9. The van der Waals surface area contributed by atoms with Crippen molar-refractivity contribution < 1.29 is 14.6 Å². The van der Waals surface area contributed by atoms with Gasteiger partial charge in [0.25, 0.3) is 0 Å². The molecule has 2 aromatic rings. The molecule has 1 amide bonds. The van der Waals surface area contributed by atoms with Crippen LogP contribution in [0.4, 0.5) is 4.79 Å². The van der Waals surface area contributed by atoms with E-state index in [4.69, 9.17) is 4.74 Å². The maximum Gasteiger partial charge on any atom is 0.410 e. The summed E-state index contributed by atoms with van der Waals surface area (Å²) in [6.07, 6.45) is 5.93. The second kappa shape index (κ2) is 7.78. The van der Waals surface area contributed by atoms with Gasteiger partial charge in [-0.05, 0) is 89.8 Å². The van der Waals surface area contributed by atoms with Crippen LogP contribution in [0.15, 0.2) is 24.3 Å². The highest BCUT2D eigenvalue weighted by atomic mass is 16.6. The summed E-state index contributed by atoms with van der Waals surface area (Å²) in [6, 6.07) is 8.38. The molecule has 0 spiro atoms. The molecule has 7 heteroatoms. The topological polar surface area (TPSA) is 80.5 Å². The van der Waals surface area contributed by atoms with Crippen LogP contribution in [0.2, 0.25) is 0 Å². The number of aromatic hydroxyl groups is 1. The van der Waals surface area contributed by atoms with Gasteiger partial charge in [0.2, 0.25) is 0 Å². The molecular weight excluding hydrogens is 404 g/mol. The number of fused-ring (bicyclic) bond motifs is 2. The van der Waals surface area contributed by atoms with Gasteiger partial charge in [-0.15, -0.1) is 10.2 Å². The van der Waals surface area contributed by atoms with Gasteiger partial charge >= 0.3 is 6.09 Å². The van der Waals surface area contributed by atoms with Crippen molar-refractivity contribution >= 4 is 6.09 Å². The van der Waals surface area contributed by atoms with Gasteiger partial charge in [0.05, 0.1) is 0 Å². The van der Waals surface area contributed by atoms with Gasteiger partial charge in [0.15, 0.2) is 0 Å². The molecule has 0 radical (unpaired) electrons. The van der Waals surface area contributed by atoms with Crippen molar-refractivity contribution in [3.63, 3.8) is 0 Å². The summed E-state index contributed by atoms with van der Waals surface area (Å²) in [4.78, 5) is 14.8. The largest absolute Gasteiger partial charge is 0.508 e. The number of aryl methyl sites for hydroxylation is 1. The average Bonchev–Trinajstić information content (AvgIpc) is 3.18. The Kier molecular flexibility index (Phi) is 5.18. The van der Waals surface area contributed by atoms with Crippen molar-refractivity contribution in [1.29, 1.82) is 0 Å². The number of amides is 1. The number of hydrogen-bond acceptors (Lipinski definition) is 5. The molecule has 172 valence electrons. The number of carbonyl (C=O) groups excluding carboxylic acids is 1. The Bertz CT molecular complexity index is 974. The number of rotatable bonds is 3. The number of phenolic OH excluding ortho intramolecular Hbond substituents is 1. The van der Waals surface area contributed by atoms with Gasteiger partial charge in [-0.25, -0.2) is 4.79 Å². The number of hydrogen-bond donors (Lipinski definition) is 1. The van der Waals surface area contributed by atoms with E-state index < -0.39 is 5.60 Å². The number of benzene rings is 1. The standard InChI is InChI=1S/C25H34N4O3/c1-15-26-27-23(18-11-17(12-18)16-5-9-22(30)10-6-16)28(15)21-13-19-7-8-20(14-21)29(19)24(31)32-25(2,3)4/h5-6,9-10,17-21,30H,7-8,11-14H2,1-4H3. The fraction of sp³-hybridized carbons (Fsp3) is 0.640. The maximum absolute atomic E-state index is 12.8. The first-order valence-electron chi connectivity index (χ1n) is 11.9. The number of piperidine rings is 1. The molecule has 1 aromatic carbocycles. The molecule has 2 unspecified atom stereocenters. The Labute approximate surface area is 189 Å². The minimum Gasteiger partial charge on any atom is -0.508 e. The van der Waals surface area contributed by atoms with E-state index in [1.807, 2.05) is 37.8 Å². The summed E-state index contributed by atoms with van der Waals surface area (Å²) in [6.45, 7) is 7.83. The SMILES string of the molecule is Cc1nnc(C2CC(c3ccc(O)cc3)C2)n1C1CC2CCC(C1)N2C(=O)OC(C)(C)C. The van der Waals surface area contributed by atoms with Gasteiger partial charge in [0.1, 0.15) is 23.0 Å². The number of ether oxygens (including phenoxy) is 1. The van der Waals surface area contributed by atoms with E-state index in [-0.39, 0.29) is 18.2 Å². The van der Waals surface area contributed by atoms with E-state index in [1.165, 1.54) is 5.56 Å². The van der Waals surface area contributed by atoms with Crippen LogP contribution in [0.1, 0.15) is 94.4 Å². The second-order valence-corrected chi connectivity index (χ2v) is 10.8. The van der Waals surface area contributed by atoms with Gasteiger partial charge in [-0.3, -0.25) is 0 Å². The van der Waals surface area contributed by atoms with Crippen molar-refractivity contribution in [2.45, 2.75) is 102 Å². The van der Waals surface area contributed by atoms with Crippen LogP contribution in [0.25, 0.3) is 0 Å². The molecule has 1 saturated carbocycles. The first kappa shape index (κ1) is 21.3. The molecule has 2 atom stereocenters. The summed E-state index contributed by atoms with van der Waals surface area (Å²) in [7, 11) is 0. The van der Waals surface area contributed by atoms with Gasteiger partial charge in [-0.2, -0.15) is 0 Å². The Morgan fingerprint density at radius 2 is 1.59 bits per heavy atom. The highest BCUT2D eigenvalue weighted by Gasteiger charge is 2.46. The van der Waals surface area contributed by atoms with Crippen molar-refractivity contribution in [2.75, 3.05) is 0 Å². The van der Waals surface area contributed by atoms with Crippen LogP contribution < -0.4 is 0 Å². The molecule has 5 rings (SSSR count). The van der Waals surface area contributed by atoms with E-state index in [0.717, 1.165) is 50.2 Å². The van der Waals surface area contributed by atoms with Crippen LogP contribution in [-0.4, -0.2) is 48.5 Å². The third kappa shape index (κ3) is 3.86. The van der Waals surface area contributed by atoms with Crippen molar-refractivity contribution in [1.82, 2.24) is 19.7 Å². The van der Waals surface area contributed by atoms with E-state index in [1.54, 1.807) is 12.1 Å². The predicted molar refractivity (Wildman–Crippen MR) is 121 cm³/mol. The van der Waals surface area contributed by atoms with Crippen molar-refractivity contribution in [3.8, 4) is 5.75 Å². The quantitative estimate of drug-likeness (QED) is 0.725. The van der Waals surface area contributed by atoms with E-state index in [2.05, 4.69) is 21.7 Å². The van der Waals surface area contributed by atoms with Gasteiger partial charge < -0.3 is 19.3 Å². The molecular formula is C25H34N4O3. The lowest BCUT2D eigenvalue weighted by molar-refractivity contribution is 0.00260. The zero-order chi connectivity index (χ0) is 22.6. The Morgan fingerprint density at radius 1 is 0.969 bits per heavy atom. The summed E-state index contributed by atoms with van der Waals surface area (Å²) < 4.78 is 8.07. The van der Waals surface area contributed by atoms with Crippen molar-refractivity contribution in [2.24, 2.45) is 0 Å². The second-order valence-electron chi connectivity index (χ2n) is 10.8. The molecule has 1 aliphatic carbocycles. The first-order chi connectivity index (χ1) is 15.2. The molecule has 3 heterocycles. The Balaban J connectivity index is 1.29. The molecule has 3 fully saturated rings. The summed E-state index contributed by atoms with van der Waals surface area (Å²) in [5, 5.41) is 18.6. The van der Waals surface area contributed by atoms with E-state index >= 15 is 0 Å². The molecule has 1 N–H and O–H groups in total. The lowest BCUT2D eigenvalue weighted by Crippen LogP contribution is -2.49. The average molecular weight is 439 g/mol. The lowest BCUT2D eigenvalue weighted by Gasteiger charge is -2.41. The molecule has 3 aliphatic rings. The Morgan fingerprint density at radius 3 is 2.19 bits per heavy atom. The fourth-order valence-electron chi connectivity index (χ4n) is 5.93. The predicted octanol–water partition coefficient (Wildman–Crippen LogP) is 5.06. The molecule has 2 saturated heterocycles. The van der Waals surface area contributed by atoms with E-state index in [0.29, 0.717) is 23.6 Å². The summed E-state index contributed by atoms with van der Waals surface area (Å²) >= 11 is 0. The number of aromatic nitrogens is 3. The smallest absolute Gasteiger partial charge is 0.410 e. The lowest BCUT2D eigenvalue weighted by atomic mass is 9.71. The highest BCUT2D eigenvalue weighted by molar-refractivity contribution is 5.69. The zero-order valence-electron chi connectivity index (χ0n) is 19.5. The number of phenols is 1. The molecule has 2 bridgehead atoms. The number of carbonyl (C=O) groups is 1. The minimum atomic E-state index is -0.469. The third-order valence-corrected chi connectivity index (χ3v) is 7.44. The van der Waals surface area contributed by atoms with Crippen LogP contribution in [0.3, 0.4) is 0 Å². The van der Waals surface area contributed by atoms with Gasteiger partial charge in [-0.1, -0.05) is 12.1 Å². The molecule has 7 nitrogen and oxygen atoms in total. The van der Waals surface area contributed by atoms with Crippen LogP contribution in [-0.2, 0) is 4.74 Å².